The molecule has 0 saturated heterocycles. The Morgan fingerprint density at radius 3 is 2.77 bits per heavy atom. The van der Waals surface area contributed by atoms with E-state index in [0.717, 1.165) is 31.3 Å². The Labute approximate surface area is 156 Å². The largest absolute Gasteiger partial charge is 0.335 e. The third kappa shape index (κ3) is 6.84. The van der Waals surface area contributed by atoms with Gasteiger partial charge in [-0.2, -0.15) is 0 Å². The van der Waals surface area contributed by atoms with Crippen molar-refractivity contribution in [2.75, 3.05) is 19.6 Å². The summed E-state index contributed by atoms with van der Waals surface area (Å²) in [5.74, 6) is 0.167. The van der Waals surface area contributed by atoms with Gasteiger partial charge < -0.3 is 16.0 Å². The van der Waals surface area contributed by atoms with E-state index in [1.807, 2.05) is 17.1 Å². The van der Waals surface area contributed by atoms with Crippen LogP contribution in [0.4, 0.5) is 9.18 Å². The first kappa shape index (κ1) is 20.5. The van der Waals surface area contributed by atoms with Crippen molar-refractivity contribution < 1.29 is 9.18 Å². The molecular weight excluding hydrogens is 329 g/mol. The third-order valence-electron chi connectivity index (χ3n) is 5.22. The Balaban J connectivity index is 1.98. The molecule has 1 fully saturated rings. The summed E-state index contributed by atoms with van der Waals surface area (Å²) in [5, 5.41) is 3.18. The number of nitrogens with zero attached hydrogens (tertiary/aromatic N) is 1. The molecule has 0 radical (unpaired) electrons. The molecule has 144 valence electrons. The van der Waals surface area contributed by atoms with Gasteiger partial charge in [-0.3, -0.25) is 0 Å². The highest BCUT2D eigenvalue weighted by molar-refractivity contribution is 5.74. The Bertz CT molecular complexity index is 594. The zero-order chi connectivity index (χ0) is 18.8. The van der Waals surface area contributed by atoms with Crippen LogP contribution < -0.4 is 11.1 Å². The van der Waals surface area contributed by atoms with Crippen LogP contribution >= 0.6 is 0 Å². The molecule has 0 heterocycles. The summed E-state index contributed by atoms with van der Waals surface area (Å²) in [4.78, 5) is 14.6. The van der Waals surface area contributed by atoms with Crippen LogP contribution in [0.15, 0.2) is 35.0 Å². The second kappa shape index (κ2) is 11.0. The molecule has 0 spiro atoms. The molecule has 0 aromatic heterocycles. The predicted octanol–water partition coefficient (Wildman–Crippen LogP) is 4.20. The molecule has 0 aromatic carbocycles. The standard InChI is InChI=1S/C21H32FN3O/c1-2-17(13-14-23)16-25(21(26)24-20-7-3-4-8-20)15-5-6-18-9-11-19(22)12-10-18/h5-6,17,20H,2-4,7-9,11,13-16,23H2,1H3,(H,24,26)/b6-5+. The zero-order valence-corrected chi connectivity index (χ0v) is 15.9. The van der Waals surface area contributed by atoms with Gasteiger partial charge in [-0.05, 0) is 43.9 Å². The van der Waals surface area contributed by atoms with Crippen LogP contribution in [0.1, 0.15) is 58.3 Å². The van der Waals surface area contributed by atoms with Crippen LogP contribution in [0, 0.1) is 5.92 Å². The summed E-state index contributed by atoms with van der Waals surface area (Å²) < 4.78 is 13.0. The first-order valence-electron chi connectivity index (χ1n) is 9.93. The van der Waals surface area contributed by atoms with Gasteiger partial charge in [-0.15, -0.1) is 0 Å². The molecular formula is C21H32FN3O. The minimum absolute atomic E-state index is 0.0103. The summed E-state index contributed by atoms with van der Waals surface area (Å²) >= 11 is 0. The molecule has 1 unspecified atom stereocenters. The average Bonchev–Trinajstić information content (AvgIpc) is 3.14. The van der Waals surface area contributed by atoms with Gasteiger partial charge in [0.1, 0.15) is 0 Å². The number of hydrogen-bond donors (Lipinski definition) is 2. The van der Waals surface area contributed by atoms with E-state index in [1.165, 1.54) is 12.8 Å². The lowest BCUT2D eigenvalue weighted by atomic mass is 10.0. The predicted molar refractivity (Wildman–Crippen MR) is 103 cm³/mol. The monoisotopic (exact) mass is 361 g/mol. The minimum Gasteiger partial charge on any atom is -0.335 e. The molecule has 2 amide bonds. The van der Waals surface area contributed by atoms with Crippen molar-refractivity contribution in [3.8, 4) is 0 Å². The molecule has 2 aliphatic carbocycles. The number of urea groups is 1. The number of carbonyl (C=O) groups excluding carboxylic acids is 1. The smallest absolute Gasteiger partial charge is 0.317 e. The highest BCUT2D eigenvalue weighted by Crippen LogP contribution is 2.19. The van der Waals surface area contributed by atoms with Crippen LogP contribution in [0.2, 0.25) is 0 Å². The SMILES string of the molecule is CCC(CCN)CN(C/C=C/C1=C=C=C(F)CC1)C(=O)NC1CCCC1. The van der Waals surface area contributed by atoms with Crippen molar-refractivity contribution >= 4 is 6.03 Å². The van der Waals surface area contributed by atoms with Crippen LogP contribution in [-0.4, -0.2) is 36.6 Å². The number of rotatable bonds is 9. The van der Waals surface area contributed by atoms with E-state index in [2.05, 4.69) is 23.7 Å². The number of amides is 2. The van der Waals surface area contributed by atoms with Crippen LogP contribution in [0.3, 0.4) is 0 Å². The highest BCUT2D eigenvalue weighted by atomic mass is 19.1. The number of allylic oxidation sites excluding steroid dienone is 3. The summed E-state index contributed by atoms with van der Waals surface area (Å²) in [6.07, 6.45) is 11.4. The highest BCUT2D eigenvalue weighted by Gasteiger charge is 2.22. The fourth-order valence-electron chi connectivity index (χ4n) is 3.51. The van der Waals surface area contributed by atoms with Gasteiger partial charge in [0.25, 0.3) is 0 Å². The van der Waals surface area contributed by atoms with E-state index >= 15 is 0 Å². The molecule has 2 aliphatic rings. The molecule has 1 saturated carbocycles. The molecule has 3 N–H and O–H groups in total. The van der Waals surface area contributed by atoms with Gasteiger partial charge in [0.15, 0.2) is 5.83 Å². The molecule has 1 atom stereocenters. The Morgan fingerprint density at radius 1 is 1.38 bits per heavy atom. The summed E-state index contributed by atoms with van der Waals surface area (Å²) in [5.41, 5.74) is 12.0. The lowest BCUT2D eigenvalue weighted by Crippen LogP contribution is -2.46. The third-order valence-corrected chi connectivity index (χ3v) is 5.22. The summed E-state index contributed by atoms with van der Waals surface area (Å²) in [6.45, 7) is 4.03. The molecule has 0 bridgehead atoms. The van der Waals surface area contributed by atoms with Crippen LogP contribution in [-0.2, 0) is 0 Å². The van der Waals surface area contributed by atoms with Gasteiger partial charge in [0.2, 0.25) is 0 Å². The van der Waals surface area contributed by atoms with Crippen molar-refractivity contribution in [2.24, 2.45) is 11.7 Å². The second-order valence-corrected chi connectivity index (χ2v) is 7.27. The van der Waals surface area contributed by atoms with Gasteiger partial charge in [0.05, 0.1) is 0 Å². The Kier molecular flexibility index (Phi) is 8.70. The maximum absolute atomic E-state index is 13.0. The second-order valence-electron chi connectivity index (χ2n) is 7.27. The quantitative estimate of drug-likeness (QED) is 0.605. The van der Waals surface area contributed by atoms with Crippen molar-refractivity contribution in [3.05, 3.63) is 35.0 Å². The fourth-order valence-corrected chi connectivity index (χ4v) is 3.51. The summed E-state index contributed by atoms with van der Waals surface area (Å²) in [7, 11) is 0. The first-order valence-corrected chi connectivity index (χ1v) is 9.93. The number of nitrogens with two attached hydrogens (primary N) is 1. The van der Waals surface area contributed by atoms with E-state index in [4.69, 9.17) is 5.73 Å². The molecule has 0 aliphatic heterocycles. The molecule has 4 nitrogen and oxygen atoms in total. The van der Waals surface area contributed by atoms with E-state index in [0.29, 0.717) is 44.4 Å². The van der Waals surface area contributed by atoms with Gasteiger partial charge in [-0.1, -0.05) is 44.1 Å². The van der Waals surface area contributed by atoms with Crippen molar-refractivity contribution in [1.29, 1.82) is 0 Å². The summed E-state index contributed by atoms with van der Waals surface area (Å²) in [6, 6.07) is 0.316. The number of nitrogens with one attached hydrogen (secondary N) is 1. The van der Waals surface area contributed by atoms with Crippen molar-refractivity contribution in [2.45, 2.75) is 64.3 Å². The number of halogens is 1. The molecule has 0 aromatic rings. The average molecular weight is 362 g/mol. The first-order chi connectivity index (χ1) is 12.6. The van der Waals surface area contributed by atoms with Crippen LogP contribution in [0.25, 0.3) is 0 Å². The van der Waals surface area contributed by atoms with E-state index in [-0.39, 0.29) is 11.9 Å². The lowest BCUT2D eigenvalue weighted by Gasteiger charge is -2.28. The van der Waals surface area contributed by atoms with E-state index in [1.54, 1.807) is 0 Å². The Hall–Kier alpha value is -1.80. The van der Waals surface area contributed by atoms with Crippen molar-refractivity contribution in [1.82, 2.24) is 10.2 Å². The Morgan fingerprint density at radius 2 is 2.15 bits per heavy atom. The number of hydrogen-bond acceptors (Lipinski definition) is 2. The van der Waals surface area contributed by atoms with Gasteiger partial charge >= 0.3 is 6.03 Å². The zero-order valence-electron chi connectivity index (χ0n) is 15.9. The maximum Gasteiger partial charge on any atom is 0.317 e. The normalized spacial score (nSPS) is 18.7. The van der Waals surface area contributed by atoms with Gasteiger partial charge in [-0.25, -0.2) is 9.18 Å². The van der Waals surface area contributed by atoms with Crippen LogP contribution in [0.5, 0.6) is 0 Å². The lowest BCUT2D eigenvalue weighted by molar-refractivity contribution is 0.187. The minimum atomic E-state index is -0.243. The molecule has 2 rings (SSSR count). The van der Waals surface area contributed by atoms with E-state index in [9.17, 15) is 9.18 Å². The van der Waals surface area contributed by atoms with E-state index < -0.39 is 0 Å². The topological polar surface area (TPSA) is 58.4 Å². The van der Waals surface area contributed by atoms with Gasteiger partial charge in [0, 0.05) is 31.1 Å². The van der Waals surface area contributed by atoms with Crippen molar-refractivity contribution in [3.63, 3.8) is 0 Å². The molecule has 26 heavy (non-hydrogen) atoms. The maximum atomic E-state index is 13.0. The fraction of sp³-hybridized carbons (Fsp3) is 0.667. The number of carbonyl (C=O) groups is 1. The molecule has 5 heteroatoms.